The van der Waals surface area contributed by atoms with E-state index in [-0.39, 0.29) is 17.9 Å². The summed E-state index contributed by atoms with van der Waals surface area (Å²) in [6, 6.07) is 5.26. The van der Waals surface area contributed by atoms with Gasteiger partial charge in [0, 0.05) is 38.6 Å². The van der Waals surface area contributed by atoms with Crippen LogP contribution < -0.4 is 0 Å². The molecule has 0 aromatic heterocycles. The van der Waals surface area contributed by atoms with Crippen molar-refractivity contribution in [2.75, 3.05) is 26.2 Å². The predicted octanol–water partition coefficient (Wildman–Crippen LogP) is 2.90. The molecule has 1 aliphatic carbocycles. The van der Waals surface area contributed by atoms with Gasteiger partial charge >= 0.3 is 6.18 Å². The van der Waals surface area contributed by atoms with E-state index in [0.717, 1.165) is 37.0 Å². The van der Waals surface area contributed by atoms with E-state index < -0.39 is 11.7 Å². The molecule has 0 unspecified atom stereocenters. The number of amides is 1. The molecule has 0 spiro atoms. The van der Waals surface area contributed by atoms with Crippen molar-refractivity contribution in [2.45, 2.75) is 44.5 Å². The van der Waals surface area contributed by atoms with E-state index in [9.17, 15) is 23.1 Å². The summed E-state index contributed by atoms with van der Waals surface area (Å²) in [7, 11) is 0. The lowest BCUT2D eigenvalue weighted by Crippen LogP contribution is -2.50. The van der Waals surface area contributed by atoms with Crippen LogP contribution >= 0.6 is 0 Å². The molecule has 4 nitrogen and oxygen atoms in total. The first-order valence-corrected chi connectivity index (χ1v) is 9.18. The summed E-state index contributed by atoms with van der Waals surface area (Å²) in [5, 5.41) is 9.75. The van der Waals surface area contributed by atoms with E-state index in [1.807, 2.05) is 4.90 Å². The monoisotopic (exact) mass is 370 g/mol. The highest BCUT2D eigenvalue weighted by atomic mass is 19.4. The Bertz CT molecular complexity index is 610. The highest BCUT2D eigenvalue weighted by Gasteiger charge is 2.32. The van der Waals surface area contributed by atoms with E-state index >= 15 is 0 Å². The lowest BCUT2D eigenvalue weighted by molar-refractivity contribution is -0.139. The molecule has 2 atom stereocenters. The van der Waals surface area contributed by atoms with Crippen molar-refractivity contribution >= 4 is 5.91 Å². The molecule has 1 aromatic rings. The third-order valence-electron chi connectivity index (χ3n) is 5.37. The number of benzene rings is 1. The highest BCUT2D eigenvalue weighted by Crippen LogP contribution is 2.29. The van der Waals surface area contributed by atoms with Crippen molar-refractivity contribution in [2.24, 2.45) is 5.92 Å². The molecule has 2 fully saturated rings. The molecule has 1 aliphatic heterocycles. The Labute approximate surface area is 151 Å². The Hall–Kier alpha value is -1.60. The van der Waals surface area contributed by atoms with Gasteiger partial charge in [0.15, 0.2) is 0 Å². The van der Waals surface area contributed by atoms with Crippen LogP contribution in [0.2, 0.25) is 0 Å². The Morgan fingerprint density at radius 1 is 1.08 bits per heavy atom. The van der Waals surface area contributed by atoms with Crippen molar-refractivity contribution in [1.29, 1.82) is 0 Å². The van der Waals surface area contributed by atoms with Gasteiger partial charge in [-0.1, -0.05) is 18.6 Å². The van der Waals surface area contributed by atoms with Gasteiger partial charge in [0.2, 0.25) is 5.91 Å². The van der Waals surface area contributed by atoms with E-state index in [2.05, 4.69) is 4.90 Å². The minimum Gasteiger partial charge on any atom is -0.393 e. The van der Waals surface area contributed by atoms with Crippen LogP contribution in [0.3, 0.4) is 0 Å². The number of aliphatic hydroxyl groups excluding tert-OH is 1. The maximum absolute atomic E-state index is 12.6. The molecule has 1 aromatic carbocycles. The quantitative estimate of drug-likeness (QED) is 0.890. The standard InChI is InChI=1S/C19H25F3N2O2/c20-19(21,22)16-6-4-14(5-7-16)13-23-8-10-24(11-9-23)18(26)15-2-1-3-17(25)12-15/h4-7,15,17,25H,1-3,8-13H2/t15-,17+/m0/s1. The van der Waals surface area contributed by atoms with E-state index in [0.29, 0.717) is 39.1 Å². The van der Waals surface area contributed by atoms with Gasteiger partial charge in [0.25, 0.3) is 0 Å². The molecule has 2 aliphatic rings. The molecule has 1 saturated carbocycles. The van der Waals surface area contributed by atoms with Crippen LogP contribution in [0.5, 0.6) is 0 Å². The van der Waals surface area contributed by atoms with Gasteiger partial charge in [-0.3, -0.25) is 9.69 Å². The minimum absolute atomic E-state index is 0.0692. The fourth-order valence-corrected chi connectivity index (χ4v) is 3.83. The Kier molecular flexibility index (Phi) is 5.87. The topological polar surface area (TPSA) is 43.8 Å². The maximum Gasteiger partial charge on any atom is 0.416 e. The summed E-state index contributed by atoms with van der Waals surface area (Å²) in [6.07, 6.45) is -1.58. The van der Waals surface area contributed by atoms with Gasteiger partial charge in [-0.15, -0.1) is 0 Å². The fourth-order valence-electron chi connectivity index (χ4n) is 3.83. The molecule has 0 bridgehead atoms. The van der Waals surface area contributed by atoms with E-state index in [1.54, 1.807) is 0 Å². The summed E-state index contributed by atoms with van der Waals surface area (Å²) in [5.74, 6) is 0.0677. The third-order valence-corrected chi connectivity index (χ3v) is 5.37. The van der Waals surface area contributed by atoms with Crippen LogP contribution in [0.1, 0.15) is 36.8 Å². The van der Waals surface area contributed by atoms with Gasteiger partial charge in [0.1, 0.15) is 0 Å². The van der Waals surface area contributed by atoms with Crippen molar-refractivity contribution in [3.05, 3.63) is 35.4 Å². The molecule has 144 valence electrons. The molecule has 1 amide bonds. The van der Waals surface area contributed by atoms with E-state index in [4.69, 9.17) is 0 Å². The van der Waals surface area contributed by atoms with Crippen LogP contribution in [0.15, 0.2) is 24.3 Å². The number of rotatable bonds is 3. The molecular weight excluding hydrogens is 345 g/mol. The number of aliphatic hydroxyl groups is 1. The van der Waals surface area contributed by atoms with E-state index in [1.165, 1.54) is 12.1 Å². The van der Waals surface area contributed by atoms with Crippen LogP contribution in [0, 0.1) is 5.92 Å². The Morgan fingerprint density at radius 3 is 2.31 bits per heavy atom. The first-order chi connectivity index (χ1) is 12.3. The number of nitrogens with zero attached hydrogens (tertiary/aromatic N) is 2. The second-order valence-electron chi connectivity index (χ2n) is 7.31. The van der Waals surface area contributed by atoms with Crippen LogP contribution in [-0.2, 0) is 17.5 Å². The second kappa shape index (κ2) is 7.96. The number of hydrogen-bond acceptors (Lipinski definition) is 3. The average molecular weight is 370 g/mol. The second-order valence-corrected chi connectivity index (χ2v) is 7.31. The summed E-state index contributed by atoms with van der Waals surface area (Å²) < 4.78 is 37.8. The molecule has 1 N–H and O–H groups in total. The zero-order valence-corrected chi connectivity index (χ0v) is 14.7. The van der Waals surface area contributed by atoms with Crippen molar-refractivity contribution < 1.29 is 23.1 Å². The first-order valence-electron chi connectivity index (χ1n) is 9.18. The molecule has 7 heteroatoms. The summed E-state index contributed by atoms with van der Waals surface area (Å²) in [4.78, 5) is 16.6. The SMILES string of the molecule is O=C([C@H]1CCC[C@@H](O)C1)N1CCN(Cc2ccc(C(F)(F)F)cc2)CC1. The number of piperazine rings is 1. The zero-order valence-electron chi connectivity index (χ0n) is 14.7. The summed E-state index contributed by atoms with van der Waals surface area (Å²) in [5.41, 5.74) is 0.208. The number of halogens is 3. The van der Waals surface area contributed by atoms with Crippen molar-refractivity contribution in [1.82, 2.24) is 9.80 Å². The van der Waals surface area contributed by atoms with Gasteiger partial charge in [-0.05, 0) is 37.0 Å². The van der Waals surface area contributed by atoms with Crippen LogP contribution in [-0.4, -0.2) is 53.1 Å². The zero-order chi connectivity index (χ0) is 18.7. The molecule has 0 radical (unpaired) electrons. The molecule has 26 heavy (non-hydrogen) atoms. The fraction of sp³-hybridized carbons (Fsp3) is 0.632. The largest absolute Gasteiger partial charge is 0.416 e. The summed E-state index contributed by atoms with van der Waals surface area (Å²) >= 11 is 0. The lowest BCUT2D eigenvalue weighted by Gasteiger charge is -2.37. The molecule has 1 saturated heterocycles. The normalized spacial score (nSPS) is 25.3. The number of hydrogen-bond donors (Lipinski definition) is 1. The van der Waals surface area contributed by atoms with Crippen LogP contribution in [0.4, 0.5) is 13.2 Å². The van der Waals surface area contributed by atoms with Gasteiger partial charge in [0.05, 0.1) is 11.7 Å². The predicted molar refractivity (Wildman–Crippen MR) is 91.3 cm³/mol. The Balaban J connectivity index is 1.48. The third kappa shape index (κ3) is 4.76. The van der Waals surface area contributed by atoms with Crippen LogP contribution in [0.25, 0.3) is 0 Å². The number of carbonyl (C=O) groups is 1. The Morgan fingerprint density at radius 2 is 1.73 bits per heavy atom. The highest BCUT2D eigenvalue weighted by molar-refractivity contribution is 5.79. The van der Waals surface area contributed by atoms with Crippen molar-refractivity contribution in [3.63, 3.8) is 0 Å². The smallest absolute Gasteiger partial charge is 0.393 e. The number of alkyl halides is 3. The van der Waals surface area contributed by atoms with Gasteiger partial charge in [-0.2, -0.15) is 13.2 Å². The molecule has 1 heterocycles. The summed E-state index contributed by atoms with van der Waals surface area (Å²) in [6.45, 7) is 3.27. The molecular formula is C19H25F3N2O2. The maximum atomic E-state index is 12.6. The van der Waals surface area contributed by atoms with Gasteiger partial charge in [-0.25, -0.2) is 0 Å². The first kappa shape index (κ1) is 19.2. The van der Waals surface area contributed by atoms with Crippen molar-refractivity contribution in [3.8, 4) is 0 Å². The lowest BCUT2D eigenvalue weighted by atomic mass is 9.86. The van der Waals surface area contributed by atoms with Gasteiger partial charge < -0.3 is 10.0 Å². The minimum atomic E-state index is -4.31. The molecule has 3 rings (SSSR count). The average Bonchev–Trinajstić information content (AvgIpc) is 2.61. The number of carbonyl (C=O) groups excluding carboxylic acids is 1.